The fourth-order valence-corrected chi connectivity index (χ4v) is 3.34. The number of benzene rings is 1. The number of rotatable bonds is 2. The highest BCUT2D eigenvalue weighted by atomic mass is 16.3. The minimum absolute atomic E-state index is 0.105. The molecule has 0 atom stereocenters. The first-order valence-electron chi connectivity index (χ1n) is 8.78. The molecule has 1 aromatic rings. The van der Waals surface area contributed by atoms with Gasteiger partial charge in [-0.15, -0.1) is 0 Å². The predicted octanol–water partition coefficient (Wildman–Crippen LogP) is 4.68. The molecule has 25 heavy (non-hydrogen) atoms. The molecule has 1 aliphatic carbocycles. The van der Waals surface area contributed by atoms with Crippen LogP contribution < -0.4 is 0 Å². The number of likely N-dealkylation sites (N-methyl/N-ethyl adjacent to an activating group) is 1. The van der Waals surface area contributed by atoms with Gasteiger partial charge in [0.15, 0.2) is 5.78 Å². The van der Waals surface area contributed by atoms with Gasteiger partial charge in [0.05, 0.1) is 5.54 Å². The second-order valence-electron chi connectivity index (χ2n) is 9.18. The van der Waals surface area contributed by atoms with Crippen LogP contribution in [-0.2, 0) is 10.3 Å². The number of carbonyl (C=O) groups excluding carboxylic acids is 1. The van der Waals surface area contributed by atoms with Gasteiger partial charge < -0.3 is 5.11 Å². The van der Waals surface area contributed by atoms with Gasteiger partial charge >= 0.3 is 0 Å². The molecule has 0 aliphatic heterocycles. The molecule has 0 saturated heterocycles. The first kappa shape index (κ1) is 19.5. The maximum atomic E-state index is 13.2. The van der Waals surface area contributed by atoms with Crippen LogP contribution in [0, 0.1) is 10.8 Å². The summed E-state index contributed by atoms with van der Waals surface area (Å²) in [4.78, 5) is 15.3. The summed E-state index contributed by atoms with van der Waals surface area (Å²) in [6.45, 7) is 12.4. The van der Waals surface area contributed by atoms with Crippen molar-refractivity contribution in [2.45, 2.75) is 47.1 Å². The van der Waals surface area contributed by atoms with E-state index in [4.69, 9.17) is 0 Å². The Balaban J connectivity index is 2.89. The zero-order valence-electron chi connectivity index (χ0n) is 16.8. The number of aromatic hydroxyl groups is 1. The van der Waals surface area contributed by atoms with Crippen LogP contribution in [0.15, 0.2) is 47.6 Å². The summed E-state index contributed by atoms with van der Waals surface area (Å²) in [5.41, 5.74) is 1.13. The highest BCUT2D eigenvalue weighted by Gasteiger charge is 2.43. The van der Waals surface area contributed by atoms with Crippen LogP contribution in [0.2, 0.25) is 0 Å². The lowest BCUT2D eigenvalue weighted by Crippen LogP contribution is -2.44. The number of hydrogen-bond acceptors (Lipinski definition) is 3. The largest absolute Gasteiger partial charge is 0.508 e. The minimum Gasteiger partial charge on any atom is -0.508 e. The van der Waals surface area contributed by atoms with Crippen molar-refractivity contribution in [1.29, 1.82) is 0 Å². The molecule has 0 bridgehead atoms. The van der Waals surface area contributed by atoms with Crippen LogP contribution in [0.1, 0.15) is 47.1 Å². The standard InChI is InChI=1S/C22H31NO2/c1-20(2,3)16-13-22(23(7)8,15-11-9-10-12-18(15)24)14-17(19(16)25)21(4,5)6/h9-14,24H,1-8H3. The Morgan fingerprint density at radius 1 is 0.880 bits per heavy atom. The van der Waals surface area contributed by atoms with E-state index < -0.39 is 5.54 Å². The Bertz CT molecular complexity index is 706. The van der Waals surface area contributed by atoms with Crippen molar-refractivity contribution in [2.75, 3.05) is 14.1 Å². The SMILES string of the molecule is CN(C)C1(c2ccccc2O)C=C(C(C)(C)C)C(=O)C(C(C)(C)C)=C1. The highest BCUT2D eigenvalue weighted by Crippen LogP contribution is 2.46. The van der Waals surface area contributed by atoms with Gasteiger partial charge in [0.25, 0.3) is 0 Å². The van der Waals surface area contributed by atoms with E-state index >= 15 is 0 Å². The molecule has 0 spiro atoms. The fourth-order valence-electron chi connectivity index (χ4n) is 3.34. The number of phenols is 1. The van der Waals surface area contributed by atoms with Crippen molar-refractivity contribution in [3.8, 4) is 5.75 Å². The van der Waals surface area contributed by atoms with Gasteiger partial charge in [-0.25, -0.2) is 0 Å². The molecule has 1 N–H and O–H groups in total. The van der Waals surface area contributed by atoms with Gasteiger partial charge in [-0.1, -0.05) is 59.7 Å². The van der Waals surface area contributed by atoms with Gasteiger partial charge in [-0.2, -0.15) is 0 Å². The summed E-state index contributed by atoms with van der Waals surface area (Å²) < 4.78 is 0. The third kappa shape index (κ3) is 3.43. The van der Waals surface area contributed by atoms with Crippen molar-refractivity contribution < 1.29 is 9.90 Å². The maximum Gasteiger partial charge on any atom is 0.185 e. The van der Waals surface area contributed by atoms with Crippen LogP contribution in [-0.4, -0.2) is 29.9 Å². The number of Topliss-reactive ketones (excluding diaryl/α,β-unsaturated/α-hetero) is 1. The molecule has 0 fully saturated rings. The predicted molar refractivity (Wildman–Crippen MR) is 104 cm³/mol. The Morgan fingerprint density at radius 3 is 1.68 bits per heavy atom. The van der Waals surface area contributed by atoms with Crippen LogP contribution in [0.5, 0.6) is 5.75 Å². The smallest absolute Gasteiger partial charge is 0.185 e. The summed E-state index contributed by atoms with van der Waals surface area (Å²) in [7, 11) is 3.96. The lowest BCUT2D eigenvalue weighted by atomic mass is 9.67. The first-order chi connectivity index (χ1) is 11.3. The number of phenolic OH excluding ortho intramolecular Hbond substituents is 1. The first-order valence-corrected chi connectivity index (χ1v) is 8.78. The number of allylic oxidation sites excluding steroid dienone is 2. The molecule has 136 valence electrons. The number of hydrogen-bond donors (Lipinski definition) is 1. The zero-order chi connectivity index (χ0) is 19.2. The van der Waals surface area contributed by atoms with E-state index in [1.807, 2.05) is 44.4 Å². The summed E-state index contributed by atoms with van der Waals surface area (Å²) in [5.74, 6) is 0.340. The van der Waals surface area contributed by atoms with Crippen LogP contribution in [0.3, 0.4) is 0 Å². The zero-order valence-corrected chi connectivity index (χ0v) is 16.8. The minimum atomic E-state index is -0.662. The summed E-state index contributed by atoms with van der Waals surface area (Å²) in [5, 5.41) is 10.6. The van der Waals surface area contributed by atoms with E-state index in [0.29, 0.717) is 0 Å². The van der Waals surface area contributed by atoms with Crippen LogP contribution >= 0.6 is 0 Å². The normalized spacial score (nSPS) is 18.2. The Kier molecular flexibility index (Phi) is 4.77. The Hall–Kier alpha value is -1.87. The third-order valence-corrected chi connectivity index (χ3v) is 4.91. The summed E-state index contributed by atoms with van der Waals surface area (Å²) in [6, 6.07) is 7.37. The molecule has 1 aromatic carbocycles. The van der Waals surface area contributed by atoms with Crippen molar-refractivity contribution in [3.63, 3.8) is 0 Å². The maximum absolute atomic E-state index is 13.2. The van der Waals surface area contributed by atoms with E-state index in [0.717, 1.165) is 16.7 Å². The fraction of sp³-hybridized carbons (Fsp3) is 0.500. The lowest BCUT2D eigenvalue weighted by Gasteiger charge is -2.43. The van der Waals surface area contributed by atoms with E-state index in [-0.39, 0.29) is 22.4 Å². The summed E-state index contributed by atoms with van der Waals surface area (Å²) >= 11 is 0. The van der Waals surface area contributed by atoms with E-state index in [1.54, 1.807) is 6.07 Å². The van der Waals surface area contributed by atoms with Gasteiger partial charge in [-0.05, 0) is 43.1 Å². The third-order valence-electron chi connectivity index (χ3n) is 4.91. The molecule has 0 amide bonds. The van der Waals surface area contributed by atoms with Crippen molar-refractivity contribution in [3.05, 3.63) is 53.1 Å². The second-order valence-corrected chi connectivity index (χ2v) is 9.18. The quantitative estimate of drug-likeness (QED) is 0.849. The highest BCUT2D eigenvalue weighted by molar-refractivity contribution is 6.11. The number of para-hydroxylation sites is 1. The number of nitrogens with zero attached hydrogens (tertiary/aromatic N) is 1. The van der Waals surface area contributed by atoms with Crippen LogP contribution in [0.4, 0.5) is 0 Å². The number of carbonyl (C=O) groups is 1. The van der Waals surface area contributed by atoms with Crippen molar-refractivity contribution in [2.24, 2.45) is 10.8 Å². The Morgan fingerprint density at radius 2 is 1.32 bits per heavy atom. The molecule has 2 rings (SSSR count). The molecule has 1 aliphatic rings. The van der Waals surface area contributed by atoms with Crippen LogP contribution in [0.25, 0.3) is 0 Å². The molecule has 0 unspecified atom stereocenters. The molecule has 0 heterocycles. The molecule has 0 saturated carbocycles. The van der Waals surface area contributed by atoms with Gasteiger partial charge in [-0.3, -0.25) is 9.69 Å². The molecular formula is C22H31NO2. The topological polar surface area (TPSA) is 40.5 Å². The lowest BCUT2D eigenvalue weighted by molar-refractivity contribution is -0.114. The molecule has 0 aromatic heterocycles. The molecular weight excluding hydrogens is 310 g/mol. The van der Waals surface area contributed by atoms with Gasteiger partial charge in [0.2, 0.25) is 0 Å². The van der Waals surface area contributed by atoms with Crippen molar-refractivity contribution >= 4 is 5.78 Å². The average molecular weight is 341 g/mol. The van der Waals surface area contributed by atoms with E-state index in [9.17, 15) is 9.90 Å². The van der Waals surface area contributed by atoms with Crippen molar-refractivity contribution in [1.82, 2.24) is 4.90 Å². The second kappa shape index (κ2) is 6.14. The molecule has 3 heteroatoms. The average Bonchev–Trinajstić information content (AvgIpc) is 2.45. The van der Waals surface area contributed by atoms with Gasteiger partial charge in [0, 0.05) is 16.7 Å². The molecule has 3 nitrogen and oxygen atoms in total. The monoisotopic (exact) mass is 341 g/mol. The van der Waals surface area contributed by atoms with Gasteiger partial charge in [0.1, 0.15) is 5.75 Å². The summed E-state index contributed by atoms with van der Waals surface area (Å²) in [6.07, 6.45) is 4.05. The number of ketones is 1. The van der Waals surface area contributed by atoms with E-state index in [2.05, 4.69) is 46.4 Å². The Labute approximate surface area is 152 Å². The van der Waals surface area contributed by atoms with E-state index in [1.165, 1.54) is 0 Å². The molecule has 0 radical (unpaired) electrons.